The highest BCUT2D eigenvalue weighted by Gasteiger charge is 2.53. The summed E-state index contributed by atoms with van der Waals surface area (Å²) in [7, 11) is -1.68. The summed E-state index contributed by atoms with van der Waals surface area (Å²) in [6.07, 6.45) is 0.490. The molecule has 0 aliphatic rings. The summed E-state index contributed by atoms with van der Waals surface area (Å²) in [5.74, 6) is -0.436. The quantitative estimate of drug-likeness (QED) is 0.178. The number of esters is 1. The molecule has 1 atom stereocenters. The van der Waals surface area contributed by atoms with Gasteiger partial charge in [0, 0.05) is 60.3 Å². The molecular weight excluding hydrogens is 396 g/mol. The third-order valence-corrected chi connectivity index (χ3v) is 13.8. The summed E-state index contributed by atoms with van der Waals surface area (Å²) in [4.78, 5) is 11.4. The first-order chi connectivity index (χ1) is 12.0. The van der Waals surface area contributed by atoms with E-state index in [9.17, 15) is 4.79 Å². The van der Waals surface area contributed by atoms with Crippen LogP contribution >= 0.6 is 0 Å². The minimum atomic E-state index is -3.18. The topological polar surface area (TPSA) is 90.9 Å². The molecule has 9 nitrogen and oxygen atoms in total. The zero-order valence-corrected chi connectivity index (χ0v) is 20.0. The third-order valence-electron chi connectivity index (χ3n) is 3.65. The van der Waals surface area contributed by atoms with Crippen LogP contribution in [0.5, 0.6) is 0 Å². The van der Waals surface area contributed by atoms with Crippen molar-refractivity contribution in [3.63, 3.8) is 0 Å². The van der Waals surface area contributed by atoms with E-state index in [1.165, 1.54) is 35.5 Å². The highest BCUT2D eigenvalue weighted by atomic mass is 28.5. The molecule has 0 aromatic rings. The highest BCUT2D eigenvalue weighted by Crippen LogP contribution is 2.26. The fraction of sp³-hybridized carbons (Fsp3) is 0.786. The monoisotopic (exact) mass is 428 g/mol. The van der Waals surface area contributed by atoms with E-state index in [0.717, 1.165) is 0 Å². The molecular formula is C14H32O9Si3. The van der Waals surface area contributed by atoms with Crippen LogP contribution in [0.1, 0.15) is 13.3 Å². The molecule has 0 fully saturated rings. The van der Waals surface area contributed by atoms with Crippen molar-refractivity contribution in [2.45, 2.75) is 32.5 Å². The molecule has 0 aromatic heterocycles. The first kappa shape index (κ1) is 25.6. The molecule has 0 spiro atoms. The van der Waals surface area contributed by atoms with Gasteiger partial charge in [0.1, 0.15) is 0 Å². The largest absolute Gasteiger partial charge is 0.493 e. The van der Waals surface area contributed by atoms with E-state index in [0.29, 0.717) is 18.0 Å². The fourth-order valence-corrected chi connectivity index (χ4v) is 11.1. The van der Waals surface area contributed by atoms with Gasteiger partial charge in [0.05, 0.1) is 6.61 Å². The van der Waals surface area contributed by atoms with Gasteiger partial charge < -0.3 is 35.1 Å². The third kappa shape index (κ3) is 8.08. The Morgan fingerprint density at radius 3 is 1.73 bits per heavy atom. The fourth-order valence-electron chi connectivity index (χ4n) is 1.89. The van der Waals surface area contributed by atoms with Gasteiger partial charge in [-0.05, 0) is 13.3 Å². The second kappa shape index (κ2) is 11.4. The summed E-state index contributed by atoms with van der Waals surface area (Å²) < 4.78 is 44.6. The van der Waals surface area contributed by atoms with E-state index in [2.05, 4.69) is 6.58 Å². The van der Waals surface area contributed by atoms with Crippen LogP contribution in [-0.2, 0) is 39.9 Å². The molecule has 0 radical (unpaired) electrons. The van der Waals surface area contributed by atoms with E-state index in [1.54, 1.807) is 20.0 Å². The molecule has 0 saturated carbocycles. The lowest BCUT2D eigenvalue weighted by Gasteiger charge is -2.37. The summed E-state index contributed by atoms with van der Waals surface area (Å²) >= 11 is 0. The van der Waals surface area contributed by atoms with Crippen LogP contribution in [-0.4, -0.2) is 74.5 Å². The smallest absolute Gasteiger partial charge is 0.462 e. The van der Waals surface area contributed by atoms with Gasteiger partial charge >= 0.3 is 32.4 Å². The van der Waals surface area contributed by atoms with E-state index in [1.807, 2.05) is 0 Å². The van der Waals surface area contributed by atoms with Crippen molar-refractivity contribution in [1.29, 1.82) is 0 Å². The van der Waals surface area contributed by atoms with Crippen molar-refractivity contribution in [3.05, 3.63) is 12.2 Å². The molecule has 0 bridgehead atoms. The second-order valence-corrected chi connectivity index (χ2v) is 14.6. The average molecular weight is 429 g/mol. The van der Waals surface area contributed by atoms with Gasteiger partial charge in [-0.3, -0.25) is 0 Å². The summed E-state index contributed by atoms with van der Waals surface area (Å²) in [5, 5.41) is 0. The molecule has 12 heteroatoms. The standard InChI is InChI=1S/C14H32O9Si3/c1-13(2)14(15)21-11-10-12-26(19-6,20-7)23-25(9,18-5)22-24(8,16-3)17-4/h1,10-12H2,2-9H3. The van der Waals surface area contributed by atoms with Crippen LogP contribution in [0.2, 0.25) is 19.1 Å². The maximum Gasteiger partial charge on any atom is 0.493 e. The lowest BCUT2D eigenvalue weighted by Crippen LogP contribution is -2.61. The van der Waals surface area contributed by atoms with E-state index >= 15 is 0 Å². The molecule has 26 heavy (non-hydrogen) atoms. The van der Waals surface area contributed by atoms with Gasteiger partial charge in [-0.2, -0.15) is 0 Å². The van der Waals surface area contributed by atoms with Crippen LogP contribution < -0.4 is 0 Å². The Labute approximate surface area is 159 Å². The van der Waals surface area contributed by atoms with Gasteiger partial charge in [-0.25, -0.2) is 4.79 Å². The predicted molar refractivity (Wildman–Crippen MR) is 101 cm³/mol. The van der Waals surface area contributed by atoms with Gasteiger partial charge in [0.2, 0.25) is 0 Å². The summed E-state index contributed by atoms with van der Waals surface area (Å²) in [5.41, 5.74) is 0.347. The normalized spacial score (nSPS) is 14.8. The van der Waals surface area contributed by atoms with E-state index in [-0.39, 0.29) is 6.61 Å². The Kier molecular flexibility index (Phi) is 11.2. The molecule has 0 N–H and O–H groups in total. The number of rotatable bonds is 14. The van der Waals surface area contributed by atoms with Crippen molar-refractivity contribution < 1.29 is 39.9 Å². The first-order valence-electron chi connectivity index (χ1n) is 8.03. The molecule has 0 aliphatic heterocycles. The first-order valence-corrected chi connectivity index (χ1v) is 14.4. The summed E-state index contributed by atoms with van der Waals surface area (Å²) in [6, 6.07) is 0.414. The van der Waals surface area contributed by atoms with Crippen LogP contribution in [0.25, 0.3) is 0 Å². The van der Waals surface area contributed by atoms with Crippen LogP contribution in [0.3, 0.4) is 0 Å². The number of hydrogen-bond donors (Lipinski definition) is 0. The molecule has 0 heterocycles. The Balaban J connectivity index is 5.02. The zero-order valence-electron chi connectivity index (χ0n) is 17.0. The SMILES string of the molecule is C=C(C)C(=O)OCCC[Si](OC)(OC)O[Si](C)(OC)O[Si](C)(OC)OC. The Bertz CT molecular complexity index is 455. The average Bonchev–Trinajstić information content (AvgIpc) is 2.63. The Morgan fingerprint density at radius 1 is 0.846 bits per heavy atom. The predicted octanol–water partition coefficient (Wildman–Crippen LogP) is 1.84. The second-order valence-electron chi connectivity index (χ2n) is 5.65. The van der Waals surface area contributed by atoms with Crippen LogP contribution in [0.4, 0.5) is 0 Å². The molecule has 0 amide bonds. The molecule has 1 unspecified atom stereocenters. The molecule has 0 rings (SSSR count). The lowest BCUT2D eigenvalue weighted by atomic mass is 10.4. The van der Waals surface area contributed by atoms with E-state index < -0.39 is 32.4 Å². The van der Waals surface area contributed by atoms with Crippen molar-refractivity contribution >= 4 is 32.4 Å². The van der Waals surface area contributed by atoms with E-state index in [4.69, 9.17) is 35.1 Å². The highest BCUT2D eigenvalue weighted by molar-refractivity contribution is 6.79. The Morgan fingerprint density at radius 2 is 1.35 bits per heavy atom. The lowest BCUT2D eigenvalue weighted by molar-refractivity contribution is -0.139. The Hall–Kier alpha value is -0.419. The van der Waals surface area contributed by atoms with Crippen LogP contribution in [0.15, 0.2) is 12.2 Å². The van der Waals surface area contributed by atoms with Gasteiger partial charge in [0.15, 0.2) is 0 Å². The van der Waals surface area contributed by atoms with Gasteiger partial charge in [-0.1, -0.05) is 6.58 Å². The molecule has 0 saturated heterocycles. The minimum Gasteiger partial charge on any atom is -0.462 e. The van der Waals surface area contributed by atoms with Gasteiger partial charge in [-0.15, -0.1) is 0 Å². The number of carbonyl (C=O) groups is 1. The van der Waals surface area contributed by atoms with Crippen molar-refractivity contribution in [1.82, 2.24) is 0 Å². The van der Waals surface area contributed by atoms with Crippen molar-refractivity contribution in [2.75, 3.05) is 42.2 Å². The summed E-state index contributed by atoms with van der Waals surface area (Å²) in [6.45, 7) is 8.78. The van der Waals surface area contributed by atoms with Crippen molar-refractivity contribution in [2.24, 2.45) is 0 Å². The minimum absolute atomic E-state index is 0.200. The maximum absolute atomic E-state index is 11.4. The van der Waals surface area contributed by atoms with Gasteiger partial charge in [0.25, 0.3) is 0 Å². The molecule has 0 aliphatic carbocycles. The molecule has 0 aromatic carbocycles. The van der Waals surface area contributed by atoms with Crippen molar-refractivity contribution in [3.8, 4) is 0 Å². The zero-order chi connectivity index (χ0) is 20.4. The number of hydrogen-bond acceptors (Lipinski definition) is 9. The van der Waals surface area contributed by atoms with Crippen LogP contribution in [0, 0.1) is 0 Å². The molecule has 154 valence electrons. The number of carbonyl (C=O) groups excluding carboxylic acids is 1. The maximum atomic E-state index is 11.4. The number of ether oxygens (including phenoxy) is 1.